The Morgan fingerprint density at radius 1 is 1.15 bits per heavy atom. The Hall–Kier alpha value is -2.63. The smallest absolute Gasteiger partial charge is 0.251 e. The molecule has 2 N–H and O–H groups in total. The van der Waals surface area contributed by atoms with Gasteiger partial charge in [0.15, 0.2) is 0 Å². The molecule has 1 unspecified atom stereocenters. The van der Waals surface area contributed by atoms with E-state index in [9.17, 15) is 9.59 Å². The zero-order chi connectivity index (χ0) is 18.1. The molecule has 3 aromatic rings. The first-order valence-corrected chi connectivity index (χ1v) is 8.92. The van der Waals surface area contributed by atoms with Gasteiger partial charge < -0.3 is 10.3 Å². The molecule has 2 heterocycles. The third-order valence-corrected chi connectivity index (χ3v) is 4.91. The summed E-state index contributed by atoms with van der Waals surface area (Å²) in [5.74, 6) is -0.360. The van der Waals surface area contributed by atoms with Crippen LogP contribution in [0.2, 0.25) is 5.02 Å². The van der Waals surface area contributed by atoms with Crippen molar-refractivity contribution in [1.29, 1.82) is 0 Å². The molecule has 0 bridgehead atoms. The minimum atomic E-state index is -0.475. The number of nitrogens with zero attached hydrogens (tertiary/aromatic N) is 1. The highest BCUT2D eigenvalue weighted by atomic mass is 35.5. The van der Waals surface area contributed by atoms with Crippen LogP contribution in [0.1, 0.15) is 12.0 Å². The Labute approximate surface area is 155 Å². The van der Waals surface area contributed by atoms with Crippen LogP contribution in [0.5, 0.6) is 0 Å². The van der Waals surface area contributed by atoms with Crippen LogP contribution in [-0.2, 0) is 16.0 Å². The van der Waals surface area contributed by atoms with Crippen molar-refractivity contribution in [3.8, 4) is 0 Å². The van der Waals surface area contributed by atoms with Gasteiger partial charge in [-0.05, 0) is 42.3 Å². The number of rotatable bonds is 5. The second-order valence-electron chi connectivity index (χ2n) is 6.37. The lowest BCUT2D eigenvalue weighted by atomic mass is 10.1. The summed E-state index contributed by atoms with van der Waals surface area (Å²) in [5.41, 5.74) is 2.79. The van der Waals surface area contributed by atoms with Crippen LogP contribution in [0, 0.1) is 0 Å². The quantitative estimate of drug-likeness (QED) is 0.680. The number of halogens is 1. The van der Waals surface area contributed by atoms with E-state index in [1.807, 2.05) is 42.6 Å². The molecule has 4 rings (SSSR count). The minimum Gasteiger partial charge on any atom is -0.361 e. The second kappa shape index (κ2) is 6.94. The zero-order valence-electron chi connectivity index (χ0n) is 14.0. The number of benzene rings is 2. The van der Waals surface area contributed by atoms with Crippen molar-refractivity contribution in [2.24, 2.45) is 0 Å². The molecular formula is C20H18ClN3O2. The fraction of sp³-hybridized carbons (Fsp3) is 0.200. The number of amides is 2. The monoisotopic (exact) mass is 367 g/mol. The summed E-state index contributed by atoms with van der Waals surface area (Å²) in [5, 5.41) is 5.00. The number of aromatic nitrogens is 1. The van der Waals surface area contributed by atoms with E-state index in [2.05, 4.69) is 10.3 Å². The summed E-state index contributed by atoms with van der Waals surface area (Å²) in [6.45, 7) is 0.603. The first-order valence-electron chi connectivity index (χ1n) is 8.54. The van der Waals surface area contributed by atoms with E-state index in [4.69, 9.17) is 11.6 Å². The maximum Gasteiger partial charge on any atom is 0.251 e. The number of hydrogen-bond donors (Lipinski definition) is 2. The standard InChI is InChI=1S/C20H18ClN3O2/c21-14-6-7-17-16(10-14)13(12-23-17)8-9-22-18-11-19(25)24(20(18)26)15-4-2-1-3-5-15/h1-7,10,12,18,22-23H,8-9,11H2. The lowest BCUT2D eigenvalue weighted by Gasteiger charge is -2.15. The molecule has 2 amide bonds. The van der Waals surface area contributed by atoms with Gasteiger partial charge >= 0.3 is 0 Å². The molecule has 132 valence electrons. The molecule has 1 aromatic heterocycles. The van der Waals surface area contributed by atoms with E-state index in [0.717, 1.165) is 22.9 Å². The van der Waals surface area contributed by atoms with Crippen LogP contribution in [0.25, 0.3) is 10.9 Å². The Morgan fingerprint density at radius 3 is 2.77 bits per heavy atom. The van der Waals surface area contributed by atoms with E-state index in [1.54, 1.807) is 12.1 Å². The maximum atomic E-state index is 12.6. The van der Waals surface area contributed by atoms with E-state index in [1.165, 1.54) is 4.90 Å². The van der Waals surface area contributed by atoms with Gasteiger partial charge in [-0.15, -0.1) is 0 Å². The van der Waals surface area contributed by atoms with E-state index in [0.29, 0.717) is 17.3 Å². The average molecular weight is 368 g/mol. The van der Waals surface area contributed by atoms with Crippen LogP contribution < -0.4 is 10.2 Å². The summed E-state index contributed by atoms with van der Waals surface area (Å²) >= 11 is 6.08. The largest absolute Gasteiger partial charge is 0.361 e. The topological polar surface area (TPSA) is 65.2 Å². The fourth-order valence-corrected chi connectivity index (χ4v) is 3.55. The molecule has 1 saturated heterocycles. The summed E-state index contributed by atoms with van der Waals surface area (Å²) in [4.78, 5) is 29.3. The van der Waals surface area contributed by atoms with Gasteiger partial charge in [-0.3, -0.25) is 9.59 Å². The van der Waals surface area contributed by atoms with Crippen molar-refractivity contribution in [2.75, 3.05) is 11.4 Å². The number of carbonyl (C=O) groups is 2. The third kappa shape index (κ3) is 3.11. The van der Waals surface area contributed by atoms with Crippen molar-refractivity contribution in [3.05, 3.63) is 65.3 Å². The van der Waals surface area contributed by atoms with Gasteiger partial charge in [0.2, 0.25) is 5.91 Å². The van der Waals surface area contributed by atoms with Crippen LogP contribution >= 0.6 is 11.6 Å². The van der Waals surface area contributed by atoms with Gasteiger partial charge in [-0.25, -0.2) is 4.90 Å². The van der Waals surface area contributed by atoms with Gasteiger partial charge in [0, 0.05) is 28.7 Å². The molecule has 6 heteroatoms. The third-order valence-electron chi connectivity index (χ3n) is 4.68. The van der Waals surface area contributed by atoms with Gasteiger partial charge in [0.05, 0.1) is 18.2 Å². The highest BCUT2D eigenvalue weighted by Gasteiger charge is 2.38. The minimum absolute atomic E-state index is 0.169. The number of H-pyrrole nitrogens is 1. The normalized spacial score (nSPS) is 17.4. The van der Waals surface area contributed by atoms with E-state index >= 15 is 0 Å². The van der Waals surface area contributed by atoms with Gasteiger partial charge in [0.25, 0.3) is 5.91 Å². The summed E-state index contributed by atoms with van der Waals surface area (Å²) in [7, 11) is 0. The average Bonchev–Trinajstić information content (AvgIpc) is 3.16. The van der Waals surface area contributed by atoms with Crippen molar-refractivity contribution in [3.63, 3.8) is 0 Å². The predicted molar refractivity (Wildman–Crippen MR) is 102 cm³/mol. The molecule has 1 fully saturated rings. The molecule has 0 spiro atoms. The van der Waals surface area contributed by atoms with Gasteiger partial charge in [0.1, 0.15) is 0 Å². The number of anilines is 1. The van der Waals surface area contributed by atoms with Crippen molar-refractivity contribution < 1.29 is 9.59 Å². The maximum absolute atomic E-state index is 12.6. The highest BCUT2D eigenvalue weighted by Crippen LogP contribution is 2.24. The van der Waals surface area contributed by atoms with E-state index < -0.39 is 6.04 Å². The molecule has 2 aromatic carbocycles. The molecule has 0 saturated carbocycles. The summed E-state index contributed by atoms with van der Waals surface area (Å²) in [6.07, 6.45) is 2.89. The SMILES string of the molecule is O=C1CC(NCCc2c[nH]c3ccc(Cl)cc23)C(=O)N1c1ccccc1. The molecule has 1 aliphatic rings. The fourth-order valence-electron chi connectivity index (χ4n) is 3.38. The number of aromatic amines is 1. The number of fused-ring (bicyclic) bond motifs is 1. The molecule has 0 radical (unpaired) electrons. The number of hydrogen-bond acceptors (Lipinski definition) is 3. The molecule has 0 aliphatic carbocycles. The first-order chi connectivity index (χ1) is 12.6. The highest BCUT2D eigenvalue weighted by molar-refractivity contribution is 6.31. The van der Waals surface area contributed by atoms with Crippen LogP contribution in [0.3, 0.4) is 0 Å². The molecule has 5 nitrogen and oxygen atoms in total. The van der Waals surface area contributed by atoms with Gasteiger partial charge in [-0.2, -0.15) is 0 Å². The Morgan fingerprint density at radius 2 is 1.96 bits per heavy atom. The number of nitrogens with one attached hydrogen (secondary N) is 2. The van der Waals surface area contributed by atoms with Crippen LogP contribution in [0.15, 0.2) is 54.7 Å². The Kier molecular flexibility index (Phi) is 4.49. The first kappa shape index (κ1) is 16.8. The lowest BCUT2D eigenvalue weighted by molar-refractivity contribution is -0.121. The van der Waals surface area contributed by atoms with Crippen LogP contribution in [0.4, 0.5) is 5.69 Å². The Bertz CT molecular complexity index is 968. The van der Waals surface area contributed by atoms with Crippen molar-refractivity contribution >= 4 is 40.0 Å². The number of imide groups is 1. The summed E-state index contributed by atoms with van der Waals surface area (Å²) in [6, 6.07) is 14.3. The molecule has 1 atom stereocenters. The van der Waals surface area contributed by atoms with Crippen molar-refractivity contribution in [1.82, 2.24) is 10.3 Å². The van der Waals surface area contributed by atoms with E-state index in [-0.39, 0.29) is 18.2 Å². The second-order valence-corrected chi connectivity index (χ2v) is 6.80. The molecule has 26 heavy (non-hydrogen) atoms. The lowest BCUT2D eigenvalue weighted by Crippen LogP contribution is -2.39. The molecular weight excluding hydrogens is 350 g/mol. The van der Waals surface area contributed by atoms with Crippen molar-refractivity contribution in [2.45, 2.75) is 18.9 Å². The predicted octanol–water partition coefficient (Wildman–Crippen LogP) is 3.29. The van der Waals surface area contributed by atoms with Crippen LogP contribution in [-0.4, -0.2) is 29.4 Å². The summed E-state index contributed by atoms with van der Waals surface area (Å²) < 4.78 is 0. The number of carbonyl (C=O) groups excluding carboxylic acids is 2. The van der Waals surface area contributed by atoms with Gasteiger partial charge in [-0.1, -0.05) is 29.8 Å². The number of para-hydroxylation sites is 1. The zero-order valence-corrected chi connectivity index (χ0v) is 14.8. The Balaban J connectivity index is 1.41. The molecule has 1 aliphatic heterocycles.